The normalized spacial score (nSPS) is 10.8. The minimum Gasteiger partial charge on any atom is -0.497 e. The fourth-order valence-corrected chi connectivity index (χ4v) is 3.53. The van der Waals surface area contributed by atoms with Gasteiger partial charge < -0.3 is 9.47 Å². The lowest BCUT2D eigenvalue weighted by molar-refractivity contribution is -0.121. The predicted octanol–water partition coefficient (Wildman–Crippen LogP) is 1.64. The van der Waals surface area contributed by atoms with Gasteiger partial charge in [0.15, 0.2) is 9.84 Å². The Balaban J connectivity index is 1.91. The van der Waals surface area contributed by atoms with E-state index in [9.17, 15) is 18.0 Å². The summed E-state index contributed by atoms with van der Waals surface area (Å²) in [6.45, 7) is 1.85. The van der Waals surface area contributed by atoms with E-state index in [0.717, 1.165) is 5.56 Å². The monoisotopic (exact) mass is 406 g/mol. The maximum Gasteiger partial charge on any atom is 0.269 e. The molecule has 0 heterocycles. The zero-order valence-corrected chi connectivity index (χ0v) is 16.6. The zero-order chi connectivity index (χ0) is 20.7. The molecule has 0 saturated carbocycles. The van der Waals surface area contributed by atoms with E-state index < -0.39 is 21.7 Å². The summed E-state index contributed by atoms with van der Waals surface area (Å²) in [5.74, 6) is -0.754. The van der Waals surface area contributed by atoms with Crippen LogP contribution in [-0.2, 0) is 14.6 Å². The molecular weight excluding hydrogens is 384 g/mol. The van der Waals surface area contributed by atoms with Gasteiger partial charge in [-0.1, -0.05) is 17.7 Å². The molecule has 0 saturated heterocycles. The molecule has 0 aromatic heterocycles. The van der Waals surface area contributed by atoms with Crippen LogP contribution in [0.4, 0.5) is 0 Å². The van der Waals surface area contributed by atoms with Crippen molar-refractivity contribution in [1.29, 1.82) is 0 Å². The van der Waals surface area contributed by atoms with Gasteiger partial charge in [-0.2, -0.15) is 0 Å². The predicted molar refractivity (Wildman–Crippen MR) is 103 cm³/mol. The molecule has 2 aromatic rings. The molecule has 2 amide bonds. The summed E-state index contributed by atoms with van der Waals surface area (Å²) in [5.41, 5.74) is 5.60. The second-order valence-electron chi connectivity index (χ2n) is 5.99. The molecule has 0 aliphatic carbocycles. The highest BCUT2D eigenvalue weighted by molar-refractivity contribution is 7.91. The van der Waals surface area contributed by atoms with E-state index in [-0.39, 0.29) is 22.6 Å². The summed E-state index contributed by atoms with van der Waals surface area (Å²) < 4.78 is 34.7. The van der Waals surface area contributed by atoms with Gasteiger partial charge in [0.2, 0.25) is 5.91 Å². The topological polar surface area (TPSA) is 111 Å². The lowest BCUT2D eigenvalue weighted by Crippen LogP contribution is -2.42. The quantitative estimate of drug-likeness (QED) is 0.677. The molecule has 0 radical (unpaired) electrons. The minimum absolute atomic E-state index is 0.151. The van der Waals surface area contributed by atoms with Gasteiger partial charge in [-0.25, -0.2) is 8.42 Å². The Morgan fingerprint density at radius 3 is 2.04 bits per heavy atom. The number of hydrogen-bond donors (Lipinski definition) is 2. The standard InChI is InChI=1S/C19H22N2O6S/c1-13-4-6-17(7-5-13)28(24,25)9-8-18(22)20-21-19(23)14-10-15(26-2)12-16(11-14)27-3/h4-7,10-12H,8-9H2,1-3H3,(H,20,22)(H,21,23). The van der Waals surface area contributed by atoms with Gasteiger partial charge >= 0.3 is 0 Å². The van der Waals surface area contributed by atoms with Gasteiger partial charge in [-0.05, 0) is 31.2 Å². The number of rotatable bonds is 7. The number of methoxy groups -OCH3 is 2. The lowest BCUT2D eigenvalue weighted by atomic mass is 10.2. The van der Waals surface area contributed by atoms with Crippen LogP contribution in [0.3, 0.4) is 0 Å². The number of benzene rings is 2. The Labute approximate surface area is 163 Å². The van der Waals surface area contributed by atoms with E-state index in [1.807, 2.05) is 6.92 Å². The van der Waals surface area contributed by atoms with Gasteiger partial charge in [0, 0.05) is 18.1 Å². The third-order valence-corrected chi connectivity index (χ3v) is 5.64. The highest BCUT2D eigenvalue weighted by Gasteiger charge is 2.17. The SMILES string of the molecule is COc1cc(OC)cc(C(=O)NNC(=O)CCS(=O)(=O)c2ccc(C)cc2)c1. The van der Waals surface area contributed by atoms with Gasteiger partial charge in [-0.15, -0.1) is 0 Å². The summed E-state index contributed by atoms with van der Waals surface area (Å²) in [7, 11) is -0.685. The lowest BCUT2D eigenvalue weighted by Gasteiger charge is -2.10. The average molecular weight is 406 g/mol. The van der Waals surface area contributed by atoms with Crippen LogP contribution >= 0.6 is 0 Å². The molecular formula is C19H22N2O6S. The number of amides is 2. The van der Waals surface area contributed by atoms with Crippen molar-refractivity contribution in [3.05, 3.63) is 53.6 Å². The van der Waals surface area contributed by atoms with E-state index in [2.05, 4.69) is 10.9 Å². The Morgan fingerprint density at radius 1 is 0.929 bits per heavy atom. The Morgan fingerprint density at radius 2 is 1.50 bits per heavy atom. The number of nitrogens with one attached hydrogen (secondary N) is 2. The van der Waals surface area contributed by atoms with Crippen LogP contribution < -0.4 is 20.3 Å². The van der Waals surface area contributed by atoms with Crippen molar-refractivity contribution in [2.24, 2.45) is 0 Å². The third-order valence-electron chi connectivity index (χ3n) is 3.91. The van der Waals surface area contributed by atoms with Crippen LogP contribution in [0.25, 0.3) is 0 Å². The molecule has 2 rings (SSSR count). The number of hydrazine groups is 1. The molecule has 0 aliphatic rings. The first-order valence-corrected chi connectivity index (χ1v) is 10.0. The van der Waals surface area contributed by atoms with Crippen LogP contribution in [0.15, 0.2) is 47.4 Å². The highest BCUT2D eigenvalue weighted by Crippen LogP contribution is 2.22. The van der Waals surface area contributed by atoms with Crippen LogP contribution in [0.5, 0.6) is 11.5 Å². The molecule has 0 atom stereocenters. The smallest absolute Gasteiger partial charge is 0.269 e. The van der Waals surface area contributed by atoms with Crippen LogP contribution in [0, 0.1) is 6.92 Å². The van der Waals surface area contributed by atoms with Crippen molar-refractivity contribution in [2.45, 2.75) is 18.2 Å². The molecule has 0 bridgehead atoms. The van der Waals surface area contributed by atoms with Crippen molar-refractivity contribution >= 4 is 21.7 Å². The van der Waals surface area contributed by atoms with E-state index >= 15 is 0 Å². The molecule has 150 valence electrons. The Bertz CT molecular complexity index is 933. The Hall–Kier alpha value is -3.07. The van der Waals surface area contributed by atoms with Crippen molar-refractivity contribution in [2.75, 3.05) is 20.0 Å². The molecule has 0 aliphatic heterocycles. The van der Waals surface area contributed by atoms with Crippen molar-refractivity contribution < 1.29 is 27.5 Å². The molecule has 0 spiro atoms. The molecule has 9 heteroatoms. The van der Waals surface area contributed by atoms with Crippen LogP contribution in [0.2, 0.25) is 0 Å². The van der Waals surface area contributed by atoms with Crippen molar-refractivity contribution in [1.82, 2.24) is 10.9 Å². The average Bonchev–Trinajstić information content (AvgIpc) is 2.70. The highest BCUT2D eigenvalue weighted by atomic mass is 32.2. The van der Waals surface area contributed by atoms with Gasteiger partial charge in [0.05, 0.1) is 24.9 Å². The molecule has 8 nitrogen and oxygen atoms in total. The fraction of sp³-hybridized carbons (Fsp3) is 0.263. The molecule has 2 N–H and O–H groups in total. The molecule has 2 aromatic carbocycles. The fourth-order valence-electron chi connectivity index (χ4n) is 2.29. The number of carbonyl (C=O) groups excluding carboxylic acids is 2. The van der Waals surface area contributed by atoms with Crippen LogP contribution in [0.1, 0.15) is 22.3 Å². The van der Waals surface area contributed by atoms with Crippen molar-refractivity contribution in [3.63, 3.8) is 0 Å². The first-order valence-electron chi connectivity index (χ1n) is 8.37. The summed E-state index contributed by atoms with van der Waals surface area (Å²) >= 11 is 0. The summed E-state index contributed by atoms with van der Waals surface area (Å²) in [6, 6.07) is 10.9. The van der Waals surface area contributed by atoms with Gasteiger partial charge in [0.25, 0.3) is 5.91 Å². The van der Waals surface area contributed by atoms with Gasteiger partial charge in [-0.3, -0.25) is 20.4 Å². The van der Waals surface area contributed by atoms with E-state index in [1.165, 1.54) is 38.5 Å². The third kappa shape index (κ3) is 5.71. The molecule has 0 fully saturated rings. The zero-order valence-electron chi connectivity index (χ0n) is 15.8. The minimum atomic E-state index is -3.59. The van der Waals surface area contributed by atoms with E-state index in [1.54, 1.807) is 18.2 Å². The van der Waals surface area contributed by atoms with Gasteiger partial charge in [0.1, 0.15) is 11.5 Å². The summed E-state index contributed by atoms with van der Waals surface area (Å²) in [4.78, 5) is 24.3. The maximum atomic E-state index is 12.3. The van der Waals surface area contributed by atoms with E-state index in [0.29, 0.717) is 11.5 Å². The summed E-state index contributed by atoms with van der Waals surface area (Å²) in [6.07, 6.45) is -0.294. The first-order chi connectivity index (χ1) is 13.2. The number of ether oxygens (including phenoxy) is 2. The second-order valence-corrected chi connectivity index (χ2v) is 8.09. The largest absolute Gasteiger partial charge is 0.497 e. The summed E-state index contributed by atoms with van der Waals surface area (Å²) in [5, 5.41) is 0. The van der Waals surface area contributed by atoms with Crippen molar-refractivity contribution in [3.8, 4) is 11.5 Å². The number of hydrogen-bond acceptors (Lipinski definition) is 6. The molecule has 28 heavy (non-hydrogen) atoms. The number of sulfone groups is 1. The number of carbonyl (C=O) groups is 2. The number of aryl methyl sites for hydroxylation is 1. The van der Waals surface area contributed by atoms with Crippen LogP contribution in [-0.4, -0.2) is 40.2 Å². The first kappa shape index (κ1) is 21.2. The maximum absolute atomic E-state index is 12.3. The Kier molecular flexibility index (Phi) is 7.00. The van der Waals surface area contributed by atoms with E-state index in [4.69, 9.17) is 9.47 Å². The molecule has 0 unspecified atom stereocenters. The second kappa shape index (κ2) is 9.23.